The van der Waals surface area contributed by atoms with Crippen molar-refractivity contribution in [2.24, 2.45) is 0 Å². The van der Waals surface area contributed by atoms with Crippen LogP contribution in [0.4, 0.5) is 0 Å². The van der Waals surface area contributed by atoms with Gasteiger partial charge in [-0.15, -0.1) is 0 Å². The van der Waals surface area contributed by atoms with Gasteiger partial charge >= 0.3 is 0 Å². The molecule has 5 nitrogen and oxygen atoms in total. The zero-order valence-corrected chi connectivity index (χ0v) is 14.2. The number of carbonyl (C=O) groups is 1. The Bertz CT molecular complexity index is 965. The molecule has 1 fully saturated rings. The molecule has 5 heteroatoms. The first-order valence-corrected chi connectivity index (χ1v) is 8.96. The quantitative estimate of drug-likeness (QED) is 0.704. The molecule has 2 aliphatic rings. The number of carbonyl (C=O) groups excluding carboxylic acids is 1. The van der Waals surface area contributed by atoms with E-state index in [0.29, 0.717) is 24.8 Å². The van der Waals surface area contributed by atoms with Crippen LogP contribution in [0.5, 0.6) is 0 Å². The molecule has 1 aliphatic heterocycles. The van der Waals surface area contributed by atoms with E-state index in [1.54, 1.807) is 0 Å². The van der Waals surface area contributed by atoms with Crippen LogP contribution in [0.3, 0.4) is 0 Å². The normalized spacial score (nSPS) is 17.6. The van der Waals surface area contributed by atoms with E-state index in [4.69, 9.17) is 8.83 Å². The molecule has 0 N–H and O–H groups in total. The standard InChI is InChI=1S/C20H20N2O3/c1-12-14-7-2-3-8-16(14)24-18(12)20(23)22-10-9-17-15(11-22)21-19(25-17)13-5-4-6-13/h2-3,7-8,13H,4-6,9-11H2,1H3. The Balaban J connectivity index is 1.42. The molecular formula is C20H20N2O3. The Morgan fingerprint density at radius 1 is 1.24 bits per heavy atom. The molecule has 5 rings (SSSR count). The lowest BCUT2D eigenvalue weighted by Gasteiger charge is -2.24. The van der Waals surface area contributed by atoms with Gasteiger partial charge in [0, 0.05) is 29.8 Å². The first kappa shape index (κ1) is 14.8. The highest BCUT2D eigenvalue weighted by molar-refractivity contribution is 5.98. The molecule has 0 bridgehead atoms. The van der Waals surface area contributed by atoms with Gasteiger partial charge in [-0.3, -0.25) is 4.79 Å². The van der Waals surface area contributed by atoms with Crippen molar-refractivity contribution in [1.29, 1.82) is 0 Å². The van der Waals surface area contributed by atoms with Crippen LogP contribution in [0.1, 0.15) is 58.6 Å². The molecule has 1 aliphatic carbocycles. The van der Waals surface area contributed by atoms with Gasteiger partial charge in [-0.25, -0.2) is 4.98 Å². The third-order valence-electron chi connectivity index (χ3n) is 5.52. The number of nitrogens with zero attached hydrogens (tertiary/aromatic N) is 2. The molecule has 0 unspecified atom stereocenters. The molecule has 25 heavy (non-hydrogen) atoms. The number of fused-ring (bicyclic) bond motifs is 2. The Kier molecular flexibility index (Phi) is 3.23. The summed E-state index contributed by atoms with van der Waals surface area (Å²) in [6.07, 6.45) is 4.31. The van der Waals surface area contributed by atoms with E-state index >= 15 is 0 Å². The van der Waals surface area contributed by atoms with Gasteiger partial charge in [0.15, 0.2) is 11.7 Å². The van der Waals surface area contributed by atoms with Crippen LogP contribution in [-0.2, 0) is 13.0 Å². The van der Waals surface area contributed by atoms with Crippen LogP contribution >= 0.6 is 0 Å². The van der Waals surface area contributed by atoms with Gasteiger partial charge in [0.05, 0.1) is 6.54 Å². The second-order valence-corrected chi connectivity index (χ2v) is 7.08. The number of rotatable bonds is 2. The third kappa shape index (κ3) is 2.29. The molecule has 2 aromatic heterocycles. The average Bonchev–Trinajstić information content (AvgIpc) is 3.13. The number of hydrogen-bond donors (Lipinski definition) is 0. The maximum atomic E-state index is 13.0. The number of aromatic nitrogens is 1. The topological polar surface area (TPSA) is 59.5 Å². The van der Waals surface area contributed by atoms with Gasteiger partial charge in [-0.2, -0.15) is 0 Å². The molecule has 0 atom stereocenters. The third-order valence-corrected chi connectivity index (χ3v) is 5.52. The summed E-state index contributed by atoms with van der Waals surface area (Å²) in [5.41, 5.74) is 2.58. The molecule has 0 saturated heterocycles. The summed E-state index contributed by atoms with van der Waals surface area (Å²) in [6.45, 7) is 3.09. The molecule has 0 radical (unpaired) electrons. The van der Waals surface area contributed by atoms with Gasteiger partial charge in [-0.05, 0) is 25.8 Å². The predicted octanol–water partition coefficient (Wildman–Crippen LogP) is 4.20. The monoisotopic (exact) mass is 336 g/mol. The Labute approximate surface area is 145 Å². The van der Waals surface area contributed by atoms with E-state index in [1.165, 1.54) is 19.3 Å². The van der Waals surface area contributed by atoms with Gasteiger partial charge in [0.25, 0.3) is 5.91 Å². The van der Waals surface area contributed by atoms with Crippen LogP contribution in [0.15, 0.2) is 33.1 Å². The summed E-state index contributed by atoms with van der Waals surface area (Å²) in [4.78, 5) is 19.5. The van der Waals surface area contributed by atoms with Crippen molar-refractivity contribution in [3.8, 4) is 0 Å². The zero-order valence-electron chi connectivity index (χ0n) is 14.2. The summed E-state index contributed by atoms with van der Waals surface area (Å²) < 4.78 is 11.8. The van der Waals surface area contributed by atoms with Crippen LogP contribution < -0.4 is 0 Å². The molecule has 3 aromatic rings. The maximum Gasteiger partial charge on any atom is 0.290 e. The van der Waals surface area contributed by atoms with Crippen LogP contribution in [0.2, 0.25) is 0 Å². The molecule has 0 spiro atoms. The highest BCUT2D eigenvalue weighted by atomic mass is 16.4. The summed E-state index contributed by atoms with van der Waals surface area (Å²) in [5, 5.41) is 0.997. The zero-order chi connectivity index (χ0) is 17.0. The van der Waals surface area contributed by atoms with Crippen molar-refractivity contribution in [1.82, 2.24) is 9.88 Å². The van der Waals surface area contributed by atoms with Gasteiger partial charge in [-0.1, -0.05) is 24.6 Å². The number of para-hydroxylation sites is 1. The van der Waals surface area contributed by atoms with E-state index in [-0.39, 0.29) is 5.91 Å². The van der Waals surface area contributed by atoms with E-state index in [0.717, 1.165) is 40.3 Å². The van der Waals surface area contributed by atoms with Crippen molar-refractivity contribution in [2.75, 3.05) is 6.54 Å². The van der Waals surface area contributed by atoms with E-state index in [2.05, 4.69) is 4.98 Å². The fraction of sp³-hybridized carbons (Fsp3) is 0.400. The minimum Gasteiger partial charge on any atom is -0.451 e. The fourth-order valence-corrected chi connectivity index (χ4v) is 3.74. The first-order chi connectivity index (χ1) is 12.2. The van der Waals surface area contributed by atoms with E-state index in [9.17, 15) is 4.79 Å². The first-order valence-electron chi connectivity index (χ1n) is 8.96. The molecule has 1 aromatic carbocycles. The summed E-state index contributed by atoms with van der Waals surface area (Å²) in [5.74, 6) is 2.67. The number of benzene rings is 1. The SMILES string of the molecule is Cc1c(C(=O)N2CCc3oc(C4CCC4)nc3C2)oc2ccccc12. The Hall–Kier alpha value is -2.56. The van der Waals surface area contributed by atoms with Gasteiger partial charge in [0.1, 0.15) is 17.0 Å². The van der Waals surface area contributed by atoms with Crippen molar-refractivity contribution in [3.05, 3.63) is 52.9 Å². The molecule has 3 heterocycles. The van der Waals surface area contributed by atoms with E-state index in [1.807, 2.05) is 36.1 Å². The summed E-state index contributed by atoms with van der Waals surface area (Å²) in [7, 11) is 0. The molecular weight excluding hydrogens is 316 g/mol. The lowest BCUT2D eigenvalue weighted by molar-refractivity contribution is 0.0697. The number of aryl methyl sites for hydroxylation is 1. The number of amides is 1. The second-order valence-electron chi connectivity index (χ2n) is 7.08. The van der Waals surface area contributed by atoms with Crippen LogP contribution in [-0.4, -0.2) is 22.3 Å². The average molecular weight is 336 g/mol. The number of hydrogen-bond acceptors (Lipinski definition) is 4. The largest absolute Gasteiger partial charge is 0.451 e. The van der Waals surface area contributed by atoms with Gasteiger partial charge < -0.3 is 13.7 Å². The summed E-state index contributed by atoms with van der Waals surface area (Å²) >= 11 is 0. The second kappa shape index (κ2) is 5.48. The van der Waals surface area contributed by atoms with Crippen molar-refractivity contribution in [3.63, 3.8) is 0 Å². The minimum absolute atomic E-state index is 0.0625. The Morgan fingerprint density at radius 2 is 2.08 bits per heavy atom. The molecule has 128 valence electrons. The van der Waals surface area contributed by atoms with E-state index < -0.39 is 0 Å². The number of oxazole rings is 1. The van der Waals surface area contributed by atoms with Crippen molar-refractivity contribution < 1.29 is 13.6 Å². The molecule has 1 amide bonds. The summed E-state index contributed by atoms with van der Waals surface area (Å²) in [6, 6.07) is 7.77. The lowest BCUT2D eigenvalue weighted by Crippen LogP contribution is -2.35. The Morgan fingerprint density at radius 3 is 2.84 bits per heavy atom. The highest BCUT2D eigenvalue weighted by Gasteiger charge is 2.32. The minimum atomic E-state index is -0.0625. The number of furan rings is 1. The van der Waals surface area contributed by atoms with Crippen molar-refractivity contribution in [2.45, 2.75) is 45.1 Å². The van der Waals surface area contributed by atoms with Crippen molar-refractivity contribution >= 4 is 16.9 Å². The predicted molar refractivity (Wildman–Crippen MR) is 92.5 cm³/mol. The smallest absolute Gasteiger partial charge is 0.290 e. The fourth-order valence-electron chi connectivity index (χ4n) is 3.74. The maximum absolute atomic E-state index is 13.0. The van der Waals surface area contributed by atoms with Gasteiger partial charge in [0.2, 0.25) is 0 Å². The van der Waals surface area contributed by atoms with Crippen LogP contribution in [0, 0.1) is 6.92 Å². The molecule has 1 saturated carbocycles. The van der Waals surface area contributed by atoms with Crippen LogP contribution in [0.25, 0.3) is 11.0 Å². The lowest BCUT2D eigenvalue weighted by atomic mass is 9.85. The highest BCUT2D eigenvalue weighted by Crippen LogP contribution is 2.37.